The van der Waals surface area contributed by atoms with Gasteiger partial charge in [0.1, 0.15) is 0 Å². The van der Waals surface area contributed by atoms with E-state index >= 15 is 0 Å². The van der Waals surface area contributed by atoms with Gasteiger partial charge in [-0.2, -0.15) is 5.10 Å². The Morgan fingerprint density at radius 3 is 2.77 bits per heavy atom. The Morgan fingerprint density at radius 2 is 2.04 bits per heavy atom. The largest absolute Gasteiger partial charge is 0.350 e. The summed E-state index contributed by atoms with van der Waals surface area (Å²) in [5.74, 6) is -0.535. The minimum atomic E-state index is -0.322. The van der Waals surface area contributed by atoms with Crippen LogP contribution in [0, 0.1) is 0 Å². The third kappa shape index (κ3) is 4.29. The van der Waals surface area contributed by atoms with Crippen LogP contribution in [-0.4, -0.2) is 40.7 Å². The van der Waals surface area contributed by atoms with Gasteiger partial charge in [-0.1, -0.05) is 12.1 Å². The molecule has 3 N–H and O–H groups in total. The Labute approximate surface area is 153 Å². The molecule has 138 valence electrons. The van der Waals surface area contributed by atoms with Crippen LogP contribution < -0.4 is 16.0 Å². The number of anilines is 1. The van der Waals surface area contributed by atoms with Gasteiger partial charge < -0.3 is 16.0 Å². The molecule has 1 saturated heterocycles. The molecule has 2 heterocycles. The molecule has 1 aliphatic rings. The first kappa shape index (κ1) is 18.1. The van der Waals surface area contributed by atoms with Gasteiger partial charge in [-0.3, -0.25) is 14.3 Å². The molecule has 7 nitrogen and oxygen atoms in total. The third-order valence-electron chi connectivity index (χ3n) is 4.33. The predicted octanol–water partition coefficient (Wildman–Crippen LogP) is 2.20. The average molecular weight is 355 g/mol. The smallest absolute Gasteiger partial charge is 0.276 e. The summed E-state index contributed by atoms with van der Waals surface area (Å²) in [4.78, 5) is 24.9. The van der Waals surface area contributed by atoms with E-state index in [1.54, 1.807) is 30.3 Å². The monoisotopic (exact) mass is 355 g/mol. The molecule has 0 aliphatic carbocycles. The minimum absolute atomic E-state index is 0.0195. The fraction of sp³-hybridized carbons (Fsp3) is 0.421. The molecular formula is C19H25N5O2. The molecule has 2 aromatic rings. The van der Waals surface area contributed by atoms with E-state index in [9.17, 15) is 9.59 Å². The van der Waals surface area contributed by atoms with Crippen molar-refractivity contribution in [1.82, 2.24) is 20.4 Å². The number of nitrogens with zero attached hydrogens (tertiary/aromatic N) is 2. The Bertz CT molecular complexity index is 778. The van der Waals surface area contributed by atoms with Crippen molar-refractivity contribution in [1.29, 1.82) is 0 Å². The number of aromatic nitrogens is 2. The number of para-hydroxylation sites is 1. The van der Waals surface area contributed by atoms with Crippen LogP contribution in [0.1, 0.15) is 53.6 Å². The van der Waals surface area contributed by atoms with Crippen molar-refractivity contribution >= 4 is 17.5 Å². The first-order valence-corrected chi connectivity index (χ1v) is 9.01. The van der Waals surface area contributed by atoms with Crippen molar-refractivity contribution in [2.75, 3.05) is 18.4 Å². The summed E-state index contributed by atoms with van der Waals surface area (Å²) < 4.78 is 1.85. The molecule has 0 saturated carbocycles. The number of rotatable bonds is 5. The molecule has 1 atom stereocenters. The van der Waals surface area contributed by atoms with Crippen molar-refractivity contribution in [3.63, 3.8) is 0 Å². The Hall–Kier alpha value is -2.67. The molecule has 1 fully saturated rings. The molecule has 0 spiro atoms. The molecule has 3 rings (SSSR count). The Balaban J connectivity index is 1.72. The maximum Gasteiger partial charge on any atom is 0.276 e. The molecule has 1 aromatic heterocycles. The maximum atomic E-state index is 12.6. The van der Waals surface area contributed by atoms with E-state index in [-0.39, 0.29) is 23.9 Å². The summed E-state index contributed by atoms with van der Waals surface area (Å²) >= 11 is 0. The molecule has 7 heteroatoms. The third-order valence-corrected chi connectivity index (χ3v) is 4.33. The summed E-state index contributed by atoms with van der Waals surface area (Å²) in [7, 11) is 0. The highest BCUT2D eigenvalue weighted by Gasteiger charge is 2.19. The zero-order chi connectivity index (χ0) is 18.5. The zero-order valence-corrected chi connectivity index (χ0v) is 15.2. The molecule has 26 heavy (non-hydrogen) atoms. The number of hydrogen-bond acceptors (Lipinski definition) is 4. The summed E-state index contributed by atoms with van der Waals surface area (Å²) in [6.07, 6.45) is 3.99. The second-order valence-corrected chi connectivity index (χ2v) is 6.81. The Kier molecular flexibility index (Phi) is 5.68. The topological polar surface area (TPSA) is 88.0 Å². The van der Waals surface area contributed by atoms with Crippen LogP contribution in [-0.2, 0) is 0 Å². The number of amides is 2. The summed E-state index contributed by atoms with van der Waals surface area (Å²) in [6, 6.07) is 8.97. The summed E-state index contributed by atoms with van der Waals surface area (Å²) in [5.41, 5.74) is 1.25. The van der Waals surface area contributed by atoms with Crippen molar-refractivity contribution in [2.45, 2.75) is 38.8 Å². The molecule has 1 aliphatic heterocycles. The molecule has 2 amide bonds. The lowest BCUT2D eigenvalue weighted by Gasteiger charge is -2.22. The number of nitrogens with one attached hydrogen (secondary N) is 3. The second kappa shape index (κ2) is 8.14. The number of carbonyl (C=O) groups excluding carboxylic acids is 2. The fourth-order valence-corrected chi connectivity index (χ4v) is 3.04. The zero-order valence-electron chi connectivity index (χ0n) is 15.2. The molecular weight excluding hydrogens is 330 g/mol. The normalized spacial score (nSPS) is 17.1. The van der Waals surface area contributed by atoms with Gasteiger partial charge in [0.15, 0.2) is 5.69 Å². The highest BCUT2D eigenvalue weighted by molar-refractivity contribution is 6.08. The van der Waals surface area contributed by atoms with Gasteiger partial charge in [0.2, 0.25) is 0 Å². The van der Waals surface area contributed by atoms with Crippen LogP contribution in [0.4, 0.5) is 5.69 Å². The van der Waals surface area contributed by atoms with Gasteiger partial charge in [0, 0.05) is 18.8 Å². The lowest BCUT2D eigenvalue weighted by molar-refractivity contribution is 0.0944. The van der Waals surface area contributed by atoms with Crippen LogP contribution in [0.2, 0.25) is 0 Å². The SMILES string of the molecule is CC(C)NC(=O)c1ccccc1NC(=O)c1ccn(C2CCCNC2)n1. The fourth-order valence-electron chi connectivity index (χ4n) is 3.04. The Morgan fingerprint density at radius 1 is 1.23 bits per heavy atom. The molecule has 0 bridgehead atoms. The van der Waals surface area contributed by atoms with Crippen molar-refractivity contribution in [2.24, 2.45) is 0 Å². The lowest BCUT2D eigenvalue weighted by atomic mass is 10.1. The van der Waals surface area contributed by atoms with Crippen LogP contribution >= 0.6 is 0 Å². The molecule has 1 unspecified atom stereocenters. The van der Waals surface area contributed by atoms with E-state index in [2.05, 4.69) is 21.0 Å². The van der Waals surface area contributed by atoms with E-state index in [1.807, 2.05) is 24.7 Å². The first-order valence-electron chi connectivity index (χ1n) is 9.01. The quantitative estimate of drug-likeness (QED) is 0.767. The molecule has 1 aromatic carbocycles. The standard InChI is InChI=1S/C19H25N5O2/c1-13(2)21-18(25)15-7-3-4-8-16(15)22-19(26)17-9-11-24(23-17)14-6-5-10-20-12-14/h3-4,7-9,11,13-14,20H,5-6,10,12H2,1-2H3,(H,21,25)(H,22,26). The van der Waals surface area contributed by atoms with Crippen LogP contribution in [0.15, 0.2) is 36.5 Å². The van der Waals surface area contributed by atoms with Crippen molar-refractivity contribution < 1.29 is 9.59 Å². The second-order valence-electron chi connectivity index (χ2n) is 6.81. The summed E-state index contributed by atoms with van der Waals surface area (Å²) in [5, 5.41) is 13.4. The van der Waals surface area contributed by atoms with Crippen LogP contribution in [0.25, 0.3) is 0 Å². The highest BCUT2D eigenvalue weighted by Crippen LogP contribution is 2.18. The van der Waals surface area contributed by atoms with Crippen molar-refractivity contribution in [3.05, 3.63) is 47.8 Å². The van der Waals surface area contributed by atoms with E-state index in [4.69, 9.17) is 0 Å². The number of carbonyl (C=O) groups is 2. The van der Waals surface area contributed by atoms with Gasteiger partial charge in [-0.15, -0.1) is 0 Å². The number of hydrogen-bond donors (Lipinski definition) is 3. The van der Waals surface area contributed by atoms with E-state index in [0.29, 0.717) is 16.9 Å². The average Bonchev–Trinajstić information content (AvgIpc) is 3.12. The number of benzene rings is 1. The van der Waals surface area contributed by atoms with E-state index in [1.165, 1.54) is 0 Å². The van der Waals surface area contributed by atoms with Gasteiger partial charge >= 0.3 is 0 Å². The predicted molar refractivity (Wildman–Crippen MR) is 100 cm³/mol. The minimum Gasteiger partial charge on any atom is -0.350 e. The van der Waals surface area contributed by atoms with E-state index < -0.39 is 0 Å². The number of piperidine rings is 1. The maximum absolute atomic E-state index is 12.6. The van der Waals surface area contributed by atoms with Gasteiger partial charge in [0.05, 0.1) is 17.3 Å². The van der Waals surface area contributed by atoms with Crippen LogP contribution in [0.5, 0.6) is 0 Å². The van der Waals surface area contributed by atoms with Crippen LogP contribution in [0.3, 0.4) is 0 Å². The first-order chi connectivity index (χ1) is 12.5. The lowest BCUT2D eigenvalue weighted by Crippen LogP contribution is -2.32. The van der Waals surface area contributed by atoms with Crippen molar-refractivity contribution in [3.8, 4) is 0 Å². The van der Waals surface area contributed by atoms with Gasteiger partial charge in [-0.25, -0.2) is 0 Å². The molecule has 0 radical (unpaired) electrons. The van der Waals surface area contributed by atoms with Gasteiger partial charge in [0.25, 0.3) is 11.8 Å². The van der Waals surface area contributed by atoms with E-state index in [0.717, 1.165) is 25.9 Å². The van der Waals surface area contributed by atoms with Gasteiger partial charge in [-0.05, 0) is 51.4 Å². The summed E-state index contributed by atoms with van der Waals surface area (Å²) in [6.45, 7) is 5.68. The highest BCUT2D eigenvalue weighted by atomic mass is 16.2.